The van der Waals surface area contributed by atoms with Crippen LogP contribution in [0.4, 0.5) is 15.9 Å². The van der Waals surface area contributed by atoms with Crippen molar-refractivity contribution < 1.29 is 9.18 Å². The number of amides is 1. The Kier molecular flexibility index (Phi) is 4.50. The van der Waals surface area contributed by atoms with Crippen LogP contribution in [0.25, 0.3) is 11.3 Å². The summed E-state index contributed by atoms with van der Waals surface area (Å²) in [4.78, 5) is 16.6. The van der Waals surface area contributed by atoms with Gasteiger partial charge in [-0.25, -0.2) is 4.39 Å². The fraction of sp³-hybridized carbons (Fsp3) is 0.333. The number of alkyl halides is 1. The van der Waals surface area contributed by atoms with E-state index in [1.54, 1.807) is 6.20 Å². The molecular formula is C24H24FN5O. The van der Waals surface area contributed by atoms with E-state index in [-0.39, 0.29) is 11.3 Å². The molecule has 1 saturated carbocycles. The SMILES string of the molecule is CC1(C)C(=O)Nc2cc(-c3ccc(NCC4(c5ccccn5)CC(F)C4)nn3)ccc21. The number of anilines is 2. The minimum atomic E-state index is -0.789. The number of nitrogens with one attached hydrogen (secondary N) is 2. The molecular weight excluding hydrogens is 393 g/mol. The third-order valence-electron chi connectivity index (χ3n) is 6.51. The summed E-state index contributed by atoms with van der Waals surface area (Å²) in [5, 5.41) is 14.9. The van der Waals surface area contributed by atoms with E-state index in [9.17, 15) is 9.18 Å². The van der Waals surface area contributed by atoms with Crippen LogP contribution in [0, 0.1) is 0 Å². The van der Waals surface area contributed by atoms with Gasteiger partial charge in [-0.3, -0.25) is 9.78 Å². The Morgan fingerprint density at radius 1 is 1.13 bits per heavy atom. The predicted octanol–water partition coefficient (Wildman–Crippen LogP) is 4.25. The summed E-state index contributed by atoms with van der Waals surface area (Å²) in [6, 6.07) is 15.4. The second-order valence-corrected chi connectivity index (χ2v) is 9.00. The zero-order valence-corrected chi connectivity index (χ0v) is 17.5. The molecule has 1 amide bonds. The smallest absolute Gasteiger partial charge is 0.234 e. The van der Waals surface area contributed by atoms with Gasteiger partial charge in [-0.05, 0) is 62.6 Å². The summed E-state index contributed by atoms with van der Waals surface area (Å²) in [6.07, 6.45) is 1.87. The van der Waals surface area contributed by atoms with E-state index in [0.29, 0.717) is 25.2 Å². The Morgan fingerprint density at radius 2 is 1.97 bits per heavy atom. The zero-order valence-electron chi connectivity index (χ0n) is 17.5. The molecule has 5 rings (SSSR count). The monoisotopic (exact) mass is 417 g/mol. The van der Waals surface area contributed by atoms with Crippen molar-refractivity contribution in [1.82, 2.24) is 15.2 Å². The normalized spacial score (nSPS) is 23.6. The van der Waals surface area contributed by atoms with Crippen molar-refractivity contribution in [3.05, 3.63) is 66.0 Å². The Bertz CT molecular complexity index is 1120. The van der Waals surface area contributed by atoms with Gasteiger partial charge in [0, 0.05) is 35.1 Å². The molecule has 1 aliphatic carbocycles. The molecule has 0 radical (unpaired) electrons. The summed E-state index contributed by atoms with van der Waals surface area (Å²) >= 11 is 0. The van der Waals surface area contributed by atoms with E-state index in [2.05, 4.69) is 25.8 Å². The van der Waals surface area contributed by atoms with E-state index < -0.39 is 11.6 Å². The van der Waals surface area contributed by atoms with Gasteiger partial charge in [-0.2, -0.15) is 0 Å². The zero-order chi connectivity index (χ0) is 21.6. The van der Waals surface area contributed by atoms with Crippen molar-refractivity contribution >= 4 is 17.4 Å². The lowest BCUT2D eigenvalue weighted by atomic mass is 9.65. The van der Waals surface area contributed by atoms with E-state index in [4.69, 9.17) is 0 Å². The van der Waals surface area contributed by atoms with Crippen LogP contribution in [-0.4, -0.2) is 33.8 Å². The summed E-state index contributed by atoms with van der Waals surface area (Å²) in [5.41, 5.74) is 3.48. The lowest BCUT2D eigenvalue weighted by Crippen LogP contribution is -2.48. The highest BCUT2D eigenvalue weighted by molar-refractivity contribution is 6.06. The van der Waals surface area contributed by atoms with Crippen LogP contribution >= 0.6 is 0 Å². The first-order valence-corrected chi connectivity index (χ1v) is 10.5. The Labute approximate surface area is 180 Å². The number of nitrogens with zero attached hydrogens (tertiary/aromatic N) is 3. The fourth-order valence-electron chi connectivity index (χ4n) is 4.50. The first-order chi connectivity index (χ1) is 14.9. The Balaban J connectivity index is 1.31. The van der Waals surface area contributed by atoms with E-state index in [1.165, 1.54) is 0 Å². The highest BCUT2D eigenvalue weighted by atomic mass is 19.1. The van der Waals surface area contributed by atoms with Crippen molar-refractivity contribution in [3.8, 4) is 11.3 Å². The van der Waals surface area contributed by atoms with Crippen molar-refractivity contribution in [1.29, 1.82) is 0 Å². The Hall–Kier alpha value is -3.35. The van der Waals surface area contributed by atoms with Crippen molar-refractivity contribution in [3.63, 3.8) is 0 Å². The molecule has 2 N–H and O–H groups in total. The fourth-order valence-corrected chi connectivity index (χ4v) is 4.50. The lowest BCUT2D eigenvalue weighted by Gasteiger charge is -2.43. The molecule has 1 aliphatic heterocycles. The van der Waals surface area contributed by atoms with E-state index in [0.717, 1.165) is 28.2 Å². The van der Waals surface area contributed by atoms with Crippen molar-refractivity contribution in [2.45, 2.75) is 43.7 Å². The third-order valence-corrected chi connectivity index (χ3v) is 6.51. The van der Waals surface area contributed by atoms with Gasteiger partial charge in [0.25, 0.3) is 0 Å². The predicted molar refractivity (Wildman–Crippen MR) is 118 cm³/mol. The molecule has 1 fully saturated rings. The summed E-state index contributed by atoms with van der Waals surface area (Å²) in [7, 11) is 0. The molecule has 7 heteroatoms. The molecule has 6 nitrogen and oxygen atoms in total. The minimum Gasteiger partial charge on any atom is -0.368 e. The van der Waals surface area contributed by atoms with Crippen LogP contribution in [0.2, 0.25) is 0 Å². The highest BCUT2D eigenvalue weighted by Gasteiger charge is 2.47. The van der Waals surface area contributed by atoms with Gasteiger partial charge >= 0.3 is 0 Å². The molecule has 31 heavy (non-hydrogen) atoms. The van der Waals surface area contributed by atoms with Gasteiger partial charge < -0.3 is 10.6 Å². The average Bonchev–Trinajstić information content (AvgIpc) is 2.99. The van der Waals surface area contributed by atoms with Crippen LogP contribution in [-0.2, 0) is 15.6 Å². The molecule has 3 aromatic rings. The van der Waals surface area contributed by atoms with Gasteiger partial charge in [-0.1, -0.05) is 18.2 Å². The molecule has 0 unspecified atom stereocenters. The topological polar surface area (TPSA) is 79.8 Å². The van der Waals surface area contributed by atoms with Gasteiger partial charge in [-0.15, -0.1) is 10.2 Å². The highest BCUT2D eigenvalue weighted by Crippen LogP contribution is 2.44. The van der Waals surface area contributed by atoms with E-state index >= 15 is 0 Å². The number of benzene rings is 1. The summed E-state index contributed by atoms with van der Waals surface area (Å²) < 4.78 is 13.7. The largest absolute Gasteiger partial charge is 0.368 e. The number of rotatable bonds is 5. The maximum Gasteiger partial charge on any atom is 0.234 e. The molecule has 1 aromatic carbocycles. The van der Waals surface area contributed by atoms with Gasteiger partial charge in [0.2, 0.25) is 5.91 Å². The Morgan fingerprint density at radius 3 is 2.65 bits per heavy atom. The second-order valence-electron chi connectivity index (χ2n) is 9.00. The molecule has 0 atom stereocenters. The number of carbonyl (C=O) groups excluding carboxylic acids is 1. The summed E-state index contributed by atoms with van der Waals surface area (Å²) in [5.74, 6) is 0.635. The molecule has 0 saturated heterocycles. The molecule has 0 spiro atoms. The first-order valence-electron chi connectivity index (χ1n) is 10.5. The van der Waals surface area contributed by atoms with Gasteiger partial charge in [0.1, 0.15) is 12.0 Å². The number of hydrogen-bond acceptors (Lipinski definition) is 5. The quantitative estimate of drug-likeness (QED) is 0.649. The molecule has 158 valence electrons. The number of aromatic nitrogens is 3. The standard InChI is InChI=1S/C24H24FN5O/c1-23(2)17-7-6-15(11-19(17)28-22(23)31)18-8-9-21(30-29-18)27-14-24(12-16(25)13-24)20-5-3-4-10-26-20/h3-11,16H,12-14H2,1-2H3,(H,27,30)(H,28,31). The molecule has 2 aromatic heterocycles. The average molecular weight is 417 g/mol. The number of carbonyl (C=O) groups is 1. The number of halogens is 1. The summed E-state index contributed by atoms with van der Waals surface area (Å²) in [6.45, 7) is 4.39. The van der Waals surface area contributed by atoms with Crippen LogP contribution in [0.3, 0.4) is 0 Å². The van der Waals surface area contributed by atoms with Crippen LogP contribution in [0.5, 0.6) is 0 Å². The molecule has 0 bridgehead atoms. The van der Waals surface area contributed by atoms with Gasteiger partial charge in [0.05, 0.1) is 11.1 Å². The van der Waals surface area contributed by atoms with Crippen molar-refractivity contribution in [2.75, 3.05) is 17.2 Å². The number of pyridine rings is 1. The van der Waals surface area contributed by atoms with Gasteiger partial charge in [0.15, 0.2) is 0 Å². The minimum absolute atomic E-state index is 0.00127. The van der Waals surface area contributed by atoms with Crippen molar-refractivity contribution in [2.24, 2.45) is 0 Å². The second kappa shape index (κ2) is 7.11. The lowest BCUT2D eigenvalue weighted by molar-refractivity contribution is -0.119. The maximum absolute atomic E-state index is 13.7. The van der Waals surface area contributed by atoms with E-state index in [1.807, 2.05) is 62.4 Å². The molecule has 3 heterocycles. The van der Waals surface area contributed by atoms with Crippen LogP contribution in [0.15, 0.2) is 54.7 Å². The molecule has 2 aliphatic rings. The number of hydrogen-bond donors (Lipinski definition) is 2. The first kappa shape index (κ1) is 19.6. The third kappa shape index (κ3) is 3.34. The van der Waals surface area contributed by atoms with Crippen LogP contribution < -0.4 is 10.6 Å². The number of fused-ring (bicyclic) bond motifs is 1. The maximum atomic E-state index is 13.7. The van der Waals surface area contributed by atoms with Crippen LogP contribution in [0.1, 0.15) is 37.9 Å².